The van der Waals surface area contributed by atoms with Crippen molar-refractivity contribution in [1.82, 2.24) is 0 Å². The molecule has 134 valence electrons. The number of nitrogens with zero attached hydrogens (tertiary/aromatic N) is 1. The van der Waals surface area contributed by atoms with Crippen molar-refractivity contribution in [2.45, 2.75) is 13.3 Å². The van der Waals surface area contributed by atoms with E-state index < -0.39 is 5.91 Å². The maximum atomic E-state index is 12.4. The van der Waals surface area contributed by atoms with E-state index in [0.29, 0.717) is 11.3 Å². The zero-order valence-electron chi connectivity index (χ0n) is 14.9. The van der Waals surface area contributed by atoms with Gasteiger partial charge in [0.2, 0.25) is 5.75 Å². The average molecular weight is 352 g/mol. The Balaban J connectivity index is 2.29. The molecule has 26 heavy (non-hydrogen) atoms. The topological polar surface area (TPSA) is 91.6 Å². The number of aromatic hydroxyl groups is 1. The lowest BCUT2D eigenvalue weighted by Crippen LogP contribution is -2.13. The highest BCUT2D eigenvalue weighted by molar-refractivity contribution is 6.09. The van der Waals surface area contributed by atoms with Gasteiger partial charge in [-0.25, -0.2) is 0 Å². The van der Waals surface area contributed by atoms with Gasteiger partial charge >= 0.3 is 0 Å². The van der Waals surface area contributed by atoms with Crippen LogP contribution in [0.4, 0.5) is 5.69 Å². The van der Waals surface area contributed by atoms with E-state index >= 15 is 0 Å². The Kier molecular flexibility index (Phi) is 6.23. The third-order valence-corrected chi connectivity index (χ3v) is 3.80. The highest BCUT2D eigenvalue weighted by Crippen LogP contribution is 2.37. The van der Waals surface area contributed by atoms with Gasteiger partial charge in [0.15, 0.2) is 11.5 Å². The fourth-order valence-corrected chi connectivity index (χ4v) is 2.33. The van der Waals surface area contributed by atoms with Crippen molar-refractivity contribution >= 4 is 17.7 Å². The second-order valence-corrected chi connectivity index (χ2v) is 5.45. The number of aryl methyl sites for hydroxylation is 1. The van der Waals surface area contributed by atoms with Gasteiger partial charge in [-0.15, -0.1) is 0 Å². The number of amides is 1. The van der Waals surface area contributed by atoms with Gasteiger partial charge in [-0.2, -0.15) is 5.26 Å². The van der Waals surface area contributed by atoms with Gasteiger partial charge in [-0.3, -0.25) is 4.79 Å². The van der Waals surface area contributed by atoms with Gasteiger partial charge in [0.25, 0.3) is 5.91 Å². The zero-order chi connectivity index (χ0) is 19.1. The lowest BCUT2D eigenvalue weighted by Gasteiger charge is -2.10. The minimum atomic E-state index is -0.525. The number of anilines is 1. The Morgan fingerprint density at radius 3 is 2.23 bits per heavy atom. The van der Waals surface area contributed by atoms with Crippen molar-refractivity contribution in [3.63, 3.8) is 0 Å². The molecule has 6 nitrogen and oxygen atoms in total. The van der Waals surface area contributed by atoms with Gasteiger partial charge in [0.05, 0.1) is 14.2 Å². The molecule has 0 bridgehead atoms. The Morgan fingerprint density at radius 1 is 1.19 bits per heavy atom. The predicted octanol–water partition coefficient (Wildman–Crippen LogP) is 3.52. The fraction of sp³-hybridized carbons (Fsp3) is 0.200. The number of phenols is 1. The summed E-state index contributed by atoms with van der Waals surface area (Å²) in [4.78, 5) is 12.4. The molecule has 0 aliphatic rings. The number of carbonyl (C=O) groups excluding carboxylic acids is 1. The molecule has 0 aromatic heterocycles. The number of hydrogen-bond acceptors (Lipinski definition) is 5. The van der Waals surface area contributed by atoms with E-state index in [0.717, 1.165) is 12.0 Å². The molecule has 0 unspecified atom stereocenters. The van der Waals surface area contributed by atoms with Crippen molar-refractivity contribution in [1.29, 1.82) is 5.26 Å². The molecule has 0 heterocycles. The minimum Gasteiger partial charge on any atom is -0.502 e. The highest BCUT2D eigenvalue weighted by Gasteiger charge is 2.13. The maximum Gasteiger partial charge on any atom is 0.266 e. The van der Waals surface area contributed by atoms with Crippen molar-refractivity contribution in [2.75, 3.05) is 19.5 Å². The van der Waals surface area contributed by atoms with Crippen LogP contribution in [0.15, 0.2) is 42.0 Å². The van der Waals surface area contributed by atoms with E-state index in [4.69, 9.17) is 9.47 Å². The molecule has 1 amide bonds. The third kappa shape index (κ3) is 4.33. The first-order valence-corrected chi connectivity index (χ1v) is 7.99. The maximum absolute atomic E-state index is 12.4. The van der Waals surface area contributed by atoms with Gasteiger partial charge in [-0.1, -0.05) is 19.1 Å². The molecule has 2 aromatic carbocycles. The van der Waals surface area contributed by atoms with Crippen LogP contribution in [0.1, 0.15) is 18.1 Å². The number of nitrogens with one attached hydrogen (secondary N) is 1. The largest absolute Gasteiger partial charge is 0.502 e. The van der Waals surface area contributed by atoms with E-state index in [9.17, 15) is 15.2 Å². The molecule has 2 N–H and O–H groups in total. The molecule has 0 fully saturated rings. The first-order chi connectivity index (χ1) is 12.5. The molecule has 0 aliphatic heterocycles. The molecule has 0 radical (unpaired) electrons. The number of hydrogen-bond donors (Lipinski definition) is 2. The van der Waals surface area contributed by atoms with Crippen LogP contribution in [0.3, 0.4) is 0 Å². The molecule has 0 spiro atoms. The Labute approximate surface area is 152 Å². The van der Waals surface area contributed by atoms with Crippen molar-refractivity contribution in [3.05, 3.63) is 53.1 Å². The molecular weight excluding hydrogens is 332 g/mol. The first kappa shape index (κ1) is 18.9. The average Bonchev–Trinajstić information content (AvgIpc) is 2.67. The lowest BCUT2D eigenvalue weighted by atomic mass is 10.1. The van der Waals surface area contributed by atoms with Gasteiger partial charge in [-0.05, 0) is 47.9 Å². The van der Waals surface area contributed by atoms with E-state index in [-0.39, 0.29) is 22.8 Å². The summed E-state index contributed by atoms with van der Waals surface area (Å²) >= 11 is 0. The third-order valence-electron chi connectivity index (χ3n) is 3.80. The molecular formula is C20H20N2O4. The van der Waals surface area contributed by atoms with Crippen LogP contribution in [0.5, 0.6) is 17.2 Å². The lowest BCUT2D eigenvalue weighted by molar-refractivity contribution is -0.112. The molecule has 2 aromatic rings. The van der Waals surface area contributed by atoms with E-state index in [1.54, 1.807) is 12.1 Å². The SMILES string of the molecule is CCc1ccc(NC(=O)/C(C#N)=C/c2cc(OC)c(O)c(OC)c2)cc1. The fourth-order valence-electron chi connectivity index (χ4n) is 2.33. The predicted molar refractivity (Wildman–Crippen MR) is 99.3 cm³/mol. The number of benzene rings is 2. The van der Waals surface area contributed by atoms with Crippen LogP contribution >= 0.6 is 0 Å². The van der Waals surface area contributed by atoms with Crippen molar-refractivity contribution in [2.24, 2.45) is 0 Å². The molecule has 0 aliphatic carbocycles. The molecule has 6 heteroatoms. The van der Waals surface area contributed by atoms with Crippen molar-refractivity contribution in [3.8, 4) is 23.3 Å². The smallest absolute Gasteiger partial charge is 0.266 e. The summed E-state index contributed by atoms with van der Waals surface area (Å²) in [5.41, 5.74) is 2.17. The Morgan fingerprint density at radius 2 is 1.77 bits per heavy atom. The second-order valence-electron chi connectivity index (χ2n) is 5.45. The van der Waals surface area contributed by atoms with Crippen LogP contribution in [0, 0.1) is 11.3 Å². The normalized spacial score (nSPS) is 10.8. The van der Waals surface area contributed by atoms with E-state index in [2.05, 4.69) is 5.32 Å². The van der Waals surface area contributed by atoms with Crippen LogP contribution in [0.2, 0.25) is 0 Å². The highest BCUT2D eigenvalue weighted by atomic mass is 16.5. The van der Waals surface area contributed by atoms with Crippen LogP contribution in [0.25, 0.3) is 6.08 Å². The number of rotatable bonds is 6. The first-order valence-electron chi connectivity index (χ1n) is 7.99. The summed E-state index contributed by atoms with van der Waals surface area (Å²) in [7, 11) is 2.81. The van der Waals surface area contributed by atoms with Crippen LogP contribution in [-0.4, -0.2) is 25.2 Å². The van der Waals surface area contributed by atoms with Crippen LogP contribution in [-0.2, 0) is 11.2 Å². The number of methoxy groups -OCH3 is 2. The Hall–Kier alpha value is -3.46. The molecule has 0 saturated heterocycles. The second kappa shape index (κ2) is 8.58. The Bertz CT molecular complexity index is 839. The number of carbonyl (C=O) groups is 1. The zero-order valence-corrected chi connectivity index (χ0v) is 14.9. The van der Waals surface area contributed by atoms with Gasteiger partial charge in [0, 0.05) is 5.69 Å². The quantitative estimate of drug-likeness (QED) is 0.613. The van der Waals surface area contributed by atoms with E-state index in [1.165, 1.54) is 32.4 Å². The molecule has 2 rings (SSSR count). The molecule has 0 atom stereocenters. The minimum absolute atomic E-state index is 0.0839. The summed E-state index contributed by atoms with van der Waals surface area (Å²) in [5, 5.41) is 22.0. The number of ether oxygens (including phenoxy) is 2. The van der Waals surface area contributed by atoms with Crippen molar-refractivity contribution < 1.29 is 19.4 Å². The van der Waals surface area contributed by atoms with Crippen LogP contribution < -0.4 is 14.8 Å². The standard InChI is InChI=1S/C20H20N2O4/c1-4-13-5-7-16(8-6-13)22-20(24)15(12-21)9-14-10-17(25-2)19(23)18(11-14)26-3/h5-11,23H,4H2,1-3H3,(H,22,24)/b15-9+. The summed E-state index contributed by atoms with van der Waals surface area (Å²) in [6.07, 6.45) is 2.31. The number of nitriles is 1. The monoisotopic (exact) mass is 352 g/mol. The summed E-state index contributed by atoms with van der Waals surface area (Å²) in [6, 6.07) is 12.3. The molecule has 0 saturated carbocycles. The van der Waals surface area contributed by atoms with Gasteiger partial charge < -0.3 is 19.9 Å². The summed E-state index contributed by atoms with van der Waals surface area (Å²) in [6.45, 7) is 2.05. The number of phenolic OH excluding ortho intramolecular Hbond substituents is 1. The van der Waals surface area contributed by atoms with E-state index in [1.807, 2.05) is 25.1 Å². The van der Waals surface area contributed by atoms with Gasteiger partial charge in [0.1, 0.15) is 11.6 Å². The summed E-state index contributed by atoms with van der Waals surface area (Å²) in [5.74, 6) is -0.305. The summed E-state index contributed by atoms with van der Waals surface area (Å²) < 4.78 is 10.2.